The normalized spacial score (nSPS) is 12.4. The maximum Gasteiger partial charge on any atom is 0.325 e. The fourth-order valence-electron chi connectivity index (χ4n) is 1.34. The fraction of sp³-hybridized carbons (Fsp3) is 0.917. The molecule has 0 saturated carbocycles. The van der Waals surface area contributed by atoms with Gasteiger partial charge in [0.15, 0.2) is 0 Å². The average Bonchev–Trinajstić information content (AvgIpc) is 2.28. The molecule has 0 bridgehead atoms. The summed E-state index contributed by atoms with van der Waals surface area (Å²) in [6.45, 7) is 5.50. The number of hydrogen-bond acceptors (Lipinski definition) is 4. The van der Waals surface area contributed by atoms with Crippen molar-refractivity contribution in [3.63, 3.8) is 0 Å². The summed E-state index contributed by atoms with van der Waals surface area (Å²) in [4.78, 5) is 11.4. The summed E-state index contributed by atoms with van der Waals surface area (Å²) in [6.07, 6.45) is 4.73. The molecule has 4 heteroatoms. The van der Waals surface area contributed by atoms with Gasteiger partial charge in [0.25, 0.3) is 0 Å². The van der Waals surface area contributed by atoms with Gasteiger partial charge in [0.2, 0.25) is 0 Å². The molecule has 0 saturated heterocycles. The lowest BCUT2D eigenvalue weighted by molar-refractivity contribution is -0.147. The van der Waals surface area contributed by atoms with Crippen molar-refractivity contribution in [2.75, 3.05) is 26.9 Å². The molecule has 0 aromatic carbocycles. The van der Waals surface area contributed by atoms with Crippen LogP contribution in [0, 0.1) is 0 Å². The SMILES string of the molecule is CCCCCCOCC(NC)C(=O)OCC. The molecule has 0 heterocycles. The lowest BCUT2D eigenvalue weighted by Crippen LogP contribution is -2.39. The Morgan fingerprint density at radius 3 is 2.56 bits per heavy atom. The van der Waals surface area contributed by atoms with Gasteiger partial charge in [0.1, 0.15) is 6.04 Å². The van der Waals surface area contributed by atoms with Crippen LogP contribution in [-0.4, -0.2) is 38.9 Å². The second-order valence-corrected chi connectivity index (χ2v) is 3.73. The molecular weight excluding hydrogens is 206 g/mol. The summed E-state index contributed by atoms with van der Waals surface area (Å²) < 4.78 is 10.3. The Balaban J connectivity index is 3.51. The van der Waals surface area contributed by atoms with Crippen molar-refractivity contribution >= 4 is 5.97 Å². The first kappa shape index (κ1) is 15.4. The third-order valence-corrected chi connectivity index (χ3v) is 2.35. The predicted molar refractivity (Wildman–Crippen MR) is 64.4 cm³/mol. The van der Waals surface area contributed by atoms with E-state index in [1.165, 1.54) is 19.3 Å². The van der Waals surface area contributed by atoms with Crippen molar-refractivity contribution in [3.8, 4) is 0 Å². The Bertz CT molecular complexity index is 174. The molecule has 0 fully saturated rings. The summed E-state index contributed by atoms with van der Waals surface area (Å²) in [6, 6.07) is -0.342. The summed E-state index contributed by atoms with van der Waals surface area (Å²) in [5.41, 5.74) is 0. The topological polar surface area (TPSA) is 47.6 Å². The molecule has 0 aliphatic carbocycles. The van der Waals surface area contributed by atoms with Crippen LogP contribution in [0.3, 0.4) is 0 Å². The Morgan fingerprint density at radius 1 is 1.25 bits per heavy atom. The minimum absolute atomic E-state index is 0.237. The highest BCUT2D eigenvalue weighted by Gasteiger charge is 2.17. The maximum atomic E-state index is 11.4. The molecule has 1 unspecified atom stereocenters. The second kappa shape index (κ2) is 10.9. The Labute approximate surface area is 98.7 Å². The molecule has 0 spiro atoms. The summed E-state index contributed by atoms with van der Waals surface area (Å²) >= 11 is 0. The van der Waals surface area contributed by atoms with Crippen LogP contribution in [0.5, 0.6) is 0 Å². The standard InChI is InChI=1S/C12H25NO3/c1-4-6-7-8-9-15-10-11(13-3)12(14)16-5-2/h11,13H,4-10H2,1-3H3. The maximum absolute atomic E-state index is 11.4. The number of rotatable bonds is 10. The molecule has 1 N–H and O–H groups in total. The van der Waals surface area contributed by atoms with Crippen LogP contribution in [0.2, 0.25) is 0 Å². The van der Waals surface area contributed by atoms with Gasteiger partial charge in [-0.1, -0.05) is 26.2 Å². The van der Waals surface area contributed by atoms with E-state index in [4.69, 9.17) is 9.47 Å². The van der Waals surface area contributed by atoms with E-state index in [0.29, 0.717) is 13.2 Å². The van der Waals surface area contributed by atoms with Gasteiger partial charge in [-0.25, -0.2) is 0 Å². The van der Waals surface area contributed by atoms with Crippen molar-refractivity contribution in [2.45, 2.75) is 45.6 Å². The number of carbonyl (C=O) groups is 1. The molecule has 1 atom stereocenters. The fourth-order valence-corrected chi connectivity index (χ4v) is 1.34. The quantitative estimate of drug-likeness (QED) is 0.459. The van der Waals surface area contributed by atoms with Gasteiger partial charge in [-0.05, 0) is 20.4 Å². The number of hydrogen-bond donors (Lipinski definition) is 1. The number of unbranched alkanes of at least 4 members (excludes halogenated alkanes) is 3. The monoisotopic (exact) mass is 231 g/mol. The number of carbonyl (C=O) groups excluding carboxylic acids is 1. The molecule has 0 aromatic rings. The highest BCUT2D eigenvalue weighted by atomic mass is 16.5. The third kappa shape index (κ3) is 7.65. The summed E-state index contributed by atoms with van der Waals surface area (Å²) in [7, 11) is 1.74. The molecule has 16 heavy (non-hydrogen) atoms. The minimum atomic E-state index is -0.342. The van der Waals surface area contributed by atoms with Crippen LogP contribution in [0.4, 0.5) is 0 Å². The Morgan fingerprint density at radius 2 is 2.00 bits per heavy atom. The molecular formula is C12H25NO3. The minimum Gasteiger partial charge on any atom is -0.465 e. The van der Waals surface area contributed by atoms with E-state index in [1.807, 2.05) is 0 Å². The largest absolute Gasteiger partial charge is 0.465 e. The van der Waals surface area contributed by atoms with Crippen molar-refractivity contribution in [1.82, 2.24) is 5.32 Å². The van der Waals surface area contributed by atoms with Crippen molar-refractivity contribution in [2.24, 2.45) is 0 Å². The van der Waals surface area contributed by atoms with Gasteiger partial charge in [0.05, 0.1) is 13.2 Å². The van der Waals surface area contributed by atoms with Crippen LogP contribution < -0.4 is 5.32 Å². The number of esters is 1. The number of nitrogens with one attached hydrogen (secondary N) is 1. The predicted octanol–water partition coefficient (Wildman–Crippen LogP) is 1.73. The highest BCUT2D eigenvalue weighted by molar-refractivity contribution is 5.75. The first-order chi connectivity index (χ1) is 7.76. The molecule has 0 radical (unpaired) electrons. The zero-order valence-electron chi connectivity index (χ0n) is 10.8. The summed E-state index contributed by atoms with van der Waals surface area (Å²) in [5.74, 6) is -0.237. The highest BCUT2D eigenvalue weighted by Crippen LogP contribution is 1.99. The van der Waals surface area contributed by atoms with E-state index in [1.54, 1.807) is 14.0 Å². The lowest BCUT2D eigenvalue weighted by Gasteiger charge is -2.14. The molecule has 0 amide bonds. The zero-order valence-corrected chi connectivity index (χ0v) is 10.8. The molecule has 0 aliphatic heterocycles. The van der Waals surface area contributed by atoms with E-state index < -0.39 is 0 Å². The molecule has 0 aliphatic rings. The van der Waals surface area contributed by atoms with Crippen LogP contribution in [0.1, 0.15) is 39.5 Å². The van der Waals surface area contributed by atoms with Gasteiger partial charge in [-0.2, -0.15) is 0 Å². The Kier molecular flexibility index (Phi) is 10.5. The van der Waals surface area contributed by atoms with E-state index in [-0.39, 0.29) is 12.0 Å². The third-order valence-electron chi connectivity index (χ3n) is 2.35. The van der Waals surface area contributed by atoms with E-state index >= 15 is 0 Å². The van der Waals surface area contributed by atoms with Gasteiger partial charge in [-0.15, -0.1) is 0 Å². The average molecular weight is 231 g/mol. The van der Waals surface area contributed by atoms with Gasteiger partial charge < -0.3 is 14.8 Å². The van der Waals surface area contributed by atoms with Gasteiger partial charge in [0, 0.05) is 6.61 Å². The number of likely N-dealkylation sites (N-methyl/N-ethyl adjacent to an activating group) is 1. The second-order valence-electron chi connectivity index (χ2n) is 3.73. The van der Waals surface area contributed by atoms with Crippen molar-refractivity contribution in [1.29, 1.82) is 0 Å². The number of ether oxygens (including phenoxy) is 2. The van der Waals surface area contributed by atoms with Crippen LogP contribution in [0.15, 0.2) is 0 Å². The van der Waals surface area contributed by atoms with Crippen molar-refractivity contribution in [3.05, 3.63) is 0 Å². The van der Waals surface area contributed by atoms with Crippen LogP contribution in [-0.2, 0) is 14.3 Å². The van der Waals surface area contributed by atoms with Gasteiger partial charge in [-0.3, -0.25) is 4.79 Å². The van der Waals surface area contributed by atoms with Crippen LogP contribution in [0.25, 0.3) is 0 Å². The Hall–Kier alpha value is -0.610. The zero-order chi connectivity index (χ0) is 12.2. The molecule has 4 nitrogen and oxygen atoms in total. The van der Waals surface area contributed by atoms with Crippen molar-refractivity contribution < 1.29 is 14.3 Å². The van der Waals surface area contributed by atoms with E-state index in [0.717, 1.165) is 13.0 Å². The lowest BCUT2D eigenvalue weighted by atomic mass is 10.2. The molecule has 0 rings (SSSR count). The van der Waals surface area contributed by atoms with E-state index in [2.05, 4.69) is 12.2 Å². The van der Waals surface area contributed by atoms with E-state index in [9.17, 15) is 4.79 Å². The molecule has 96 valence electrons. The molecule has 0 aromatic heterocycles. The van der Waals surface area contributed by atoms with Crippen LogP contribution >= 0.6 is 0 Å². The first-order valence-electron chi connectivity index (χ1n) is 6.17. The van der Waals surface area contributed by atoms with Gasteiger partial charge >= 0.3 is 5.97 Å². The summed E-state index contributed by atoms with van der Waals surface area (Å²) in [5, 5.41) is 2.89. The smallest absolute Gasteiger partial charge is 0.325 e. The first-order valence-corrected chi connectivity index (χ1v) is 6.17.